The molecule has 14 heavy (non-hydrogen) atoms. The largest absolute Gasteiger partial charge is 0.359 e. The van der Waals surface area contributed by atoms with E-state index in [1.807, 2.05) is 6.07 Å². The van der Waals surface area contributed by atoms with Gasteiger partial charge in [-0.05, 0) is 31.5 Å². The average Bonchev–Trinajstić information content (AvgIpc) is 2.72. The molecule has 76 valence electrons. The van der Waals surface area contributed by atoms with Gasteiger partial charge in [-0.1, -0.05) is 0 Å². The molecule has 4 heteroatoms. The Morgan fingerprint density at radius 1 is 1.64 bits per heavy atom. The molecule has 1 aliphatic rings. The van der Waals surface area contributed by atoms with Crippen LogP contribution < -0.4 is 10.2 Å². The molecule has 4 nitrogen and oxygen atoms in total. The summed E-state index contributed by atoms with van der Waals surface area (Å²) < 4.78 is 0. The van der Waals surface area contributed by atoms with E-state index < -0.39 is 0 Å². The molecule has 0 bridgehead atoms. The Morgan fingerprint density at radius 2 is 2.57 bits per heavy atom. The molecule has 1 aromatic rings. The highest BCUT2D eigenvalue weighted by molar-refractivity contribution is 5.35. The molecule has 0 aromatic carbocycles. The highest BCUT2D eigenvalue weighted by Gasteiger charge is 2.16. The standard InChI is InChI=1S/C10H16N4/c1-14(7-9-2-4-11-6-9)10-3-5-12-8-13-10/h3,5,8-9,11H,2,4,6-7H2,1H3. The summed E-state index contributed by atoms with van der Waals surface area (Å²) in [4.78, 5) is 10.3. The second kappa shape index (κ2) is 4.37. The molecule has 0 amide bonds. The van der Waals surface area contributed by atoms with Crippen LogP contribution in [0.3, 0.4) is 0 Å². The fourth-order valence-electron chi connectivity index (χ4n) is 1.86. The van der Waals surface area contributed by atoms with Crippen molar-refractivity contribution in [3.8, 4) is 0 Å². The first-order valence-electron chi connectivity index (χ1n) is 5.04. The van der Waals surface area contributed by atoms with E-state index in [0.717, 1.165) is 31.4 Å². The summed E-state index contributed by atoms with van der Waals surface area (Å²) >= 11 is 0. The van der Waals surface area contributed by atoms with E-state index in [4.69, 9.17) is 0 Å². The van der Waals surface area contributed by atoms with Gasteiger partial charge in [0.05, 0.1) is 0 Å². The zero-order valence-electron chi connectivity index (χ0n) is 8.48. The summed E-state index contributed by atoms with van der Waals surface area (Å²) in [6.45, 7) is 3.36. The van der Waals surface area contributed by atoms with Crippen LogP contribution in [0.25, 0.3) is 0 Å². The van der Waals surface area contributed by atoms with E-state index in [1.165, 1.54) is 6.42 Å². The van der Waals surface area contributed by atoms with Crippen molar-refractivity contribution >= 4 is 5.82 Å². The van der Waals surface area contributed by atoms with E-state index in [1.54, 1.807) is 12.5 Å². The summed E-state index contributed by atoms with van der Waals surface area (Å²) in [5, 5.41) is 3.37. The quantitative estimate of drug-likeness (QED) is 0.758. The van der Waals surface area contributed by atoms with Crippen molar-refractivity contribution in [3.63, 3.8) is 0 Å². The van der Waals surface area contributed by atoms with Gasteiger partial charge in [-0.3, -0.25) is 0 Å². The third-order valence-corrected chi connectivity index (χ3v) is 2.65. The second-order valence-corrected chi connectivity index (χ2v) is 3.81. The van der Waals surface area contributed by atoms with Gasteiger partial charge in [0.1, 0.15) is 12.1 Å². The van der Waals surface area contributed by atoms with Gasteiger partial charge in [-0.25, -0.2) is 9.97 Å². The molecule has 1 aliphatic heterocycles. The minimum Gasteiger partial charge on any atom is -0.359 e. The summed E-state index contributed by atoms with van der Waals surface area (Å²) in [6, 6.07) is 1.95. The maximum atomic E-state index is 4.22. The lowest BCUT2D eigenvalue weighted by Crippen LogP contribution is -2.27. The van der Waals surface area contributed by atoms with Crippen molar-refractivity contribution < 1.29 is 0 Å². The minimum absolute atomic E-state index is 0.759. The summed E-state index contributed by atoms with van der Waals surface area (Å²) in [7, 11) is 2.08. The molecule has 1 aromatic heterocycles. The van der Waals surface area contributed by atoms with Crippen LogP contribution in [0.1, 0.15) is 6.42 Å². The lowest BCUT2D eigenvalue weighted by molar-refractivity contribution is 0.575. The number of nitrogens with zero attached hydrogens (tertiary/aromatic N) is 3. The first-order valence-corrected chi connectivity index (χ1v) is 5.04. The Hall–Kier alpha value is -1.16. The fraction of sp³-hybridized carbons (Fsp3) is 0.600. The molecule has 1 fully saturated rings. The molecule has 0 spiro atoms. The van der Waals surface area contributed by atoms with Crippen LogP contribution in [-0.4, -0.2) is 36.6 Å². The number of rotatable bonds is 3. The predicted octanol–water partition coefficient (Wildman–Crippen LogP) is 0.522. The molecule has 2 rings (SSSR count). The highest BCUT2D eigenvalue weighted by atomic mass is 15.2. The van der Waals surface area contributed by atoms with Crippen LogP contribution in [0.2, 0.25) is 0 Å². The van der Waals surface area contributed by atoms with E-state index in [0.29, 0.717) is 0 Å². The normalized spacial score (nSPS) is 21.1. The van der Waals surface area contributed by atoms with Gasteiger partial charge in [-0.15, -0.1) is 0 Å². The fourth-order valence-corrected chi connectivity index (χ4v) is 1.86. The zero-order chi connectivity index (χ0) is 9.80. The number of aromatic nitrogens is 2. The molecular weight excluding hydrogens is 176 g/mol. The topological polar surface area (TPSA) is 41.0 Å². The minimum atomic E-state index is 0.759. The lowest BCUT2D eigenvalue weighted by Gasteiger charge is -2.21. The maximum Gasteiger partial charge on any atom is 0.131 e. The van der Waals surface area contributed by atoms with Crippen LogP contribution in [0, 0.1) is 5.92 Å². The Bertz CT molecular complexity index is 269. The van der Waals surface area contributed by atoms with Crippen molar-refractivity contribution in [2.45, 2.75) is 6.42 Å². The number of nitrogens with one attached hydrogen (secondary N) is 1. The predicted molar refractivity (Wildman–Crippen MR) is 56.3 cm³/mol. The number of hydrogen-bond donors (Lipinski definition) is 1. The summed E-state index contributed by atoms with van der Waals surface area (Å²) in [5.41, 5.74) is 0. The van der Waals surface area contributed by atoms with Gasteiger partial charge in [-0.2, -0.15) is 0 Å². The number of hydrogen-bond acceptors (Lipinski definition) is 4. The number of anilines is 1. The zero-order valence-corrected chi connectivity index (χ0v) is 8.48. The molecule has 1 N–H and O–H groups in total. The van der Waals surface area contributed by atoms with E-state index >= 15 is 0 Å². The van der Waals surface area contributed by atoms with Crippen molar-refractivity contribution in [2.24, 2.45) is 5.92 Å². The van der Waals surface area contributed by atoms with Crippen LogP contribution in [0.5, 0.6) is 0 Å². The van der Waals surface area contributed by atoms with Crippen LogP contribution in [0.15, 0.2) is 18.6 Å². The average molecular weight is 192 g/mol. The third-order valence-electron chi connectivity index (χ3n) is 2.65. The van der Waals surface area contributed by atoms with Gasteiger partial charge < -0.3 is 10.2 Å². The van der Waals surface area contributed by atoms with Crippen molar-refractivity contribution in [1.29, 1.82) is 0 Å². The highest BCUT2D eigenvalue weighted by Crippen LogP contribution is 2.13. The Morgan fingerprint density at radius 3 is 3.21 bits per heavy atom. The van der Waals surface area contributed by atoms with E-state index in [9.17, 15) is 0 Å². The first-order chi connectivity index (χ1) is 6.86. The monoisotopic (exact) mass is 192 g/mol. The molecule has 1 atom stereocenters. The van der Waals surface area contributed by atoms with Gasteiger partial charge in [0.15, 0.2) is 0 Å². The van der Waals surface area contributed by atoms with Gasteiger partial charge in [0.25, 0.3) is 0 Å². The Kier molecular flexibility index (Phi) is 2.93. The molecule has 0 radical (unpaired) electrons. The SMILES string of the molecule is CN(CC1CCNC1)c1ccncn1. The van der Waals surface area contributed by atoms with Crippen molar-refractivity contribution in [1.82, 2.24) is 15.3 Å². The van der Waals surface area contributed by atoms with Crippen LogP contribution in [-0.2, 0) is 0 Å². The smallest absolute Gasteiger partial charge is 0.131 e. The van der Waals surface area contributed by atoms with Gasteiger partial charge in [0, 0.05) is 19.8 Å². The molecule has 2 heterocycles. The summed E-state index contributed by atoms with van der Waals surface area (Å²) in [6.07, 6.45) is 4.65. The molecule has 0 aliphatic carbocycles. The molecule has 1 unspecified atom stereocenters. The molecular formula is C10H16N4. The van der Waals surface area contributed by atoms with Crippen LogP contribution >= 0.6 is 0 Å². The van der Waals surface area contributed by atoms with Gasteiger partial charge >= 0.3 is 0 Å². The Labute approximate surface area is 84.4 Å². The summed E-state index contributed by atoms with van der Waals surface area (Å²) in [5.74, 6) is 1.77. The Balaban J connectivity index is 1.92. The first kappa shape index (κ1) is 9.40. The van der Waals surface area contributed by atoms with Crippen molar-refractivity contribution in [3.05, 3.63) is 18.6 Å². The molecule has 1 saturated heterocycles. The van der Waals surface area contributed by atoms with Crippen molar-refractivity contribution in [2.75, 3.05) is 31.6 Å². The maximum absolute atomic E-state index is 4.22. The third kappa shape index (κ3) is 2.20. The lowest BCUT2D eigenvalue weighted by atomic mass is 10.1. The second-order valence-electron chi connectivity index (χ2n) is 3.81. The van der Waals surface area contributed by atoms with Crippen LogP contribution in [0.4, 0.5) is 5.82 Å². The van der Waals surface area contributed by atoms with E-state index in [2.05, 4.69) is 27.2 Å². The van der Waals surface area contributed by atoms with Gasteiger partial charge in [0.2, 0.25) is 0 Å². The van der Waals surface area contributed by atoms with E-state index in [-0.39, 0.29) is 0 Å². The molecule has 0 saturated carbocycles.